The molecule has 1 N–H and O–H groups in total. The van der Waals surface area contributed by atoms with Gasteiger partial charge in [0.2, 0.25) is 0 Å². The van der Waals surface area contributed by atoms with E-state index in [4.69, 9.17) is 16.3 Å². The highest BCUT2D eigenvalue weighted by molar-refractivity contribution is 7.99. The zero-order valence-corrected chi connectivity index (χ0v) is 14.7. The molecule has 0 aliphatic rings. The average molecular weight is 361 g/mol. The summed E-state index contributed by atoms with van der Waals surface area (Å²) in [7, 11) is 1.64. The van der Waals surface area contributed by atoms with Gasteiger partial charge in [-0.3, -0.25) is 4.57 Å². The van der Waals surface area contributed by atoms with E-state index < -0.39 is 6.10 Å². The predicted octanol–water partition coefficient (Wildman–Crippen LogP) is 4.36. The van der Waals surface area contributed by atoms with E-state index in [0.29, 0.717) is 10.8 Å². The quantitative estimate of drug-likeness (QED) is 0.663. The standard InChI is InChI=1S/C18H17ClN2O2S/c1-23-16-4-2-3-15(11-16)21-10-9-20-18(21)24-12-17(22)13-5-7-14(19)8-6-13/h2-11,17,22H,12H2,1H3/t17-/m0/s1. The summed E-state index contributed by atoms with van der Waals surface area (Å²) in [6.45, 7) is 0. The molecular formula is C18H17ClN2O2S. The van der Waals surface area contributed by atoms with Gasteiger partial charge < -0.3 is 9.84 Å². The predicted molar refractivity (Wildman–Crippen MR) is 97.3 cm³/mol. The fourth-order valence-electron chi connectivity index (χ4n) is 2.29. The van der Waals surface area contributed by atoms with Gasteiger partial charge in [0, 0.05) is 29.2 Å². The number of rotatable bonds is 6. The van der Waals surface area contributed by atoms with Crippen molar-refractivity contribution in [2.45, 2.75) is 11.3 Å². The van der Waals surface area contributed by atoms with Gasteiger partial charge in [-0.2, -0.15) is 0 Å². The number of hydrogen-bond donors (Lipinski definition) is 1. The van der Waals surface area contributed by atoms with Crippen LogP contribution in [0.2, 0.25) is 5.02 Å². The SMILES string of the molecule is COc1cccc(-n2ccnc2SC[C@H](O)c2ccc(Cl)cc2)c1. The Bertz CT molecular complexity index is 805. The molecule has 1 aromatic heterocycles. The Morgan fingerprint density at radius 3 is 2.79 bits per heavy atom. The summed E-state index contributed by atoms with van der Waals surface area (Å²) in [4.78, 5) is 4.38. The molecule has 3 aromatic rings. The van der Waals surface area contributed by atoms with Gasteiger partial charge in [0.05, 0.1) is 18.9 Å². The second-order valence-electron chi connectivity index (χ2n) is 5.16. The second-order valence-corrected chi connectivity index (χ2v) is 6.58. The molecule has 1 heterocycles. The first-order chi connectivity index (χ1) is 11.7. The number of benzene rings is 2. The highest BCUT2D eigenvalue weighted by Crippen LogP contribution is 2.27. The number of aliphatic hydroxyl groups is 1. The van der Waals surface area contributed by atoms with E-state index in [-0.39, 0.29) is 0 Å². The van der Waals surface area contributed by atoms with Gasteiger partial charge in [-0.05, 0) is 29.8 Å². The summed E-state index contributed by atoms with van der Waals surface area (Å²) in [6.07, 6.45) is 3.06. The third kappa shape index (κ3) is 3.93. The van der Waals surface area contributed by atoms with Crippen LogP contribution in [0, 0.1) is 0 Å². The first-order valence-corrected chi connectivity index (χ1v) is 8.78. The Labute approximate surface area is 150 Å². The number of methoxy groups -OCH3 is 1. The fraction of sp³-hybridized carbons (Fsp3) is 0.167. The van der Waals surface area contributed by atoms with Crippen molar-refractivity contribution < 1.29 is 9.84 Å². The van der Waals surface area contributed by atoms with Gasteiger partial charge in [0.1, 0.15) is 5.75 Å². The monoisotopic (exact) mass is 360 g/mol. The molecule has 0 aliphatic carbocycles. The molecule has 0 radical (unpaired) electrons. The summed E-state index contributed by atoms with van der Waals surface area (Å²) >= 11 is 7.37. The lowest BCUT2D eigenvalue weighted by molar-refractivity contribution is 0.204. The maximum Gasteiger partial charge on any atom is 0.172 e. The number of nitrogens with zero attached hydrogens (tertiary/aromatic N) is 2. The van der Waals surface area contributed by atoms with E-state index in [9.17, 15) is 5.11 Å². The van der Waals surface area contributed by atoms with Gasteiger partial charge >= 0.3 is 0 Å². The van der Waals surface area contributed by atoms with Crippen LogP contribution >= 0.6 is 23.4 Å². The number of ether oxygens (including phenoxy) is 1. The molecule has 0 fully saturated rings. The average Bonchev–Trinajstić information content (AvgIpc) is 3.09. The molecule has 0 unspecified atom stereocenters. The molecule has 0 bridgehead atoms. The van der Waals surface area contributed by atoms with E-state index in [0.717, 1.165) is 22.2 Å². The van der Waals surface area contributed by atoms with Crippen LogP contribution in [0.15, 0.2) is 66.1 Å². The first kappa shape index (κ1) is 16.9. The molecule has 3 rings (SSSR count). The van der Waals surface area contributed by atoms with Crippen LogP contribution in [0.1, 0.15) is 11.7 Å². The lowest BCUT2D eigenvalue weighted by atomic mass is 10.1. The van der Waals surface area contributed by atoms with Crippen molar-refractivity contribution in [3.8, 4) is 11.4 Å². The molecular weight excluding hydrogens is 344 g/mol. The van der Waals surface area contributed by atoms with E-state index >= 15 is 0 Å². The van der Waals surface area contributed by atoms with Crippen molar-refractivity contribution >= 4 is 23.4 Å². The van der Waals surface area contributed by atoms with Crippen molar-refractivity contribution in [1.82, 2.24) is 9.55 Å². The summed E-state index contributed by atoms with van der Waals surface area (Å²) in [6, 6.07) is 15.0. The molecule has 24 heavy (non-hydrogen) atoms. The van der Waals surface area contributed by atoms with E-state index in [1.165, 1.54) is 11.8 Å². The van der Waals surface area contributed by atoms with E-state index in [1.807, 2.05) is 47.2 Å². The maximum absolute atomic E-state index is 10.3. The van der Waals surface area contributed by atoms with E-state index in [2.05, 4.69) is 4.98 Å². The van der Waals surface area contributed by atoms with Crippen LogP contribution in [0.4, 0.5) is 0 Å². The lowest BCUT2D eigenvalue weighted by Crippen LogP contribution is -2.02. The molecule has 0 amide bonds. The molecule has 0 aliphatic heterocycles. The van der Waals surface area contributed by atoms with Crippen molar-refractivity contribution in [2.75, 3.05) is 12.9 Å². The van der Waals surface area contributed by atoms with Gasteiger partial charge in [-0.25, -0.2) is 4.98 Å². The summed E-state index contributed by atoms with van der Waals surface area (Å²) in [5, 5.41) is 11.8. The van der Waals surface area contributed by atoms with Gasteiger partial charge in [-0.15, -0.1) is 0 Å². The number of thioether (sulfide) groups is 1. The van der Waals surface area contributed by atoms with Crippen molar-refractivity contribution in [3.63, 3.8) is 0 Å². The Kier molecular flexibility index (Phi) is 5.45. The van der Waals surface area contributed by atoms with Gasteiger partial charge in [0.15, 0.2) is 5.16 Å². The topological polar surface area (TPSA) is 47.3 Å². The fourth-order valence-corrected chi connectivity index (χ4v) is 3.35. The minimum Gasteiger partial charge on any atom is -0.497 e. The number of aromatic nitrogens is 2. The third-order valence-corrected chi connectivity index (χ3v) is 4.86. The Balaban J connectivity index is 1.72. The van der Waals surface area contributed by atoms with Crippen molar-refractivity contribution in [1.29, 1.82) is 0 Å². The molecule has 0 spiro atoms. The van der Waals surface area contributed by atoms with Crippen LogP contribution in [-0.2, 0) is 0 Å². The number of hydrogen-bond acceptors (Lipinski definition) is 4. The maximum atomic E-state index is 10.3. The number of halogens is 1. The molecule has 6 heteroatoms. The van der Waals surface area contributed by atoms with Crippen LogP contribution in [0.5, 0.6) is 5.75 Å². The summed E-state index contributed by atoms with van der Waals surface area (Å²) in [5.74, 6) is 1.29. The summed E-state index contributed by atoms with van der Waals surface area (Å²) in [5.41, 5.74) is 1.81. The van der Waals surface area contributed by atoms with Crippen molar-refractivity contribution in [3.05, 3.63) is 71.5 Å². The number of aliphatic hydroxyl groups excluding tert-OH is 1. The molecule has 0 saturated carbocycles. The highest BCUT2D eigenvalue weighted by Gasteiger charge is 2.12. The molecule has 124 valence electrons. The van der Waals surface area contributed by atoms with Crippen LogP contribution < -0.4 is 4.74 Å². The van der Waals surface area contributed by atoms with Crippen LogP contribution in [0.3, 0.4) is 0 Å². The Hall–Kier alpha value is -1.95. The first-order valence-electron chi connectivity index (χ1n) is 7.41. The zero-order valence-electron chi connectivity index (χ0n) is 13.1. The van der Waals surface area contributed by atoms with Gasteiger partial charge in [0.25, 0.3) is 0 Å². The minimum atomic E-state index is -0.581. The second kappa shape index (κ2) is 7.75. The molecule has 2 aromatic carbocycles. The Morgan fingerprint density at radius 1 is 1.25 bits per heavy atom. The third-order valence-electron chi connectivity index (χ3n) is 3.56. The highest BCUT2D eigenvalue weighted by atomic mass is 35.5. The number of imidazole rings is 1. The van der Waals surface area contributed by atoms with Crippen LogP contribution in [0.25, 0.3) is 5.69 Å². The molecule has 0 saturated heterocycles. The minimum absolute atomic E-state index is 0.503. The lowest BCUT2D eigenvalue weighted by Gasteiger charge is -2.12. The van der Waals surface area contributed by atoms with E-state index in [1.54, 1.807) is 25.4 Å². The molecule has 1 atom stereocenters. The van der Waals surface area contributed by atoms with Gasteiger partial charge in [-0.1, -0.05) is 41.6 Å². The summed E-state index contributed by atoms with van der Waals surface area (Å²) < 4.78 is 7.24. The zero-order chi connectivity index (χ0) is 16.9. The molecule has 4 nitrogen and oxygen atoms in total. The van der Waals surface area contributed by atoms with Crippen LogP contribution in [-0.4, -0.2) is 27.5 Å². The van der Waals surface area contributed by atoms with Crippen molar-refractivity contribution in [2.24, 2.45) is 0 Å². The largest absolute Gasteiger partial charge is 0.497 e. The normalized spacial score (nSPS) is 12.1. The Morgan fingerprint density at radius 2 is 2.04 bits per heavy atom. The smallest absolute Gasteiger partial charge is 0.172 e.